The normalized spacial score (nSPS) is 19.1. The highest BCUT2D eigenvalue weighted by atomic mass is 32.2. The lowest BCUT2D eigenvalue weighted by molar-refractivity contribution is -0.138. The van der Waals surface area contributed by atoms with Crippen LogP contribution in [0.2, 0.25) is 0 Å². The molecule has 2 aliphatic rings. The molecule has 2 fully saturated rings. The van der Waals surface area contributed by atoms with E-state index in [1.807, 2.05) is 24.8 Å². The van der Waals surface area contributed by atoms with Gasteiger partial charge in [0.05, 0.1) is 4.90 Å². The van der Waals surface area contributed by atoms with E-state index in [2.05, 4.69) is 36.1 Å². The molecule has 0 atom stereocenters. The number of sulfonamides is 1. The van der Waals surface area contributed by atoms with Crippen LogP contribution in [0.15, 0.2) is 47.4 Å². The van der Waals surface area contributed by atoms with Gasteiger partial charge in [0.15, 0.2) is 0 Å². The van der Waals surface area contributed by atoms with E-state index in [1.54, 1.807) is 16.4 Å². The summed E-state index contributed by atoms with van der Waals surface area (Å²) in [4.78, 5) is 17.8. The van der Waals surface area contributed by atoms with Gasteiger partial charge in [0, 0.05) is 51.7 Å². The molecule has 0 aromatic heterocycles. The Bertz CT molecular complexity index is 1100. The van der Waals surface area contributed by atoms with Gasteiger partial charge in [0.1, 0.15) is 0 Å². The summed E-state index contributed by atoms with van der Waals surface area (Å²) in [6.07, 6.45) is 1.18. The van der Waals surface area contributed by atoms with Crippen molar-refractivity contribution in [2.75, 3.05) is 39.3 Å². The van der Waals surface area contributed by atoms with Crippen molar-refractivity contribution in [3.05, 3.63) is 64.7 Å². The summed E-state index contributed by atoms with van der Waals surface area (Å²) in [6.45, 7) is 11.0. The molecule has 0 saturated carbocycles. The first-order chi connectivity index (χ1) is 15.7. The smallest absolute Gasteiger partial charge is 0.243 e. The molecule has 178 valence electrons. The van der Waals surface area contributed by atoms with Gasteiger partial charge in [-0.1, -0.05) is 35.9 Å². The highest BCUT2D eigenvalue weighted by Gasteiger charge is 2.34. The van der Waals surface area contributed by atoms with Crippen molar-refractivity contribution in [2.45, 2.75) is 45.1 Å². The van der Waals surface area contributed by atoms with Gasteiger partial charge < -0.3 is 4.90 Å². The van der Waals surface area contributed by atoms with Crippen molar-refractivity contribution >= 4 is 15.9 Å². The number of rotatable bonds is 5. The Balaban J connectivity index is 1.28. The van der Waals surface area contributed by atoms with E-state index in [0.29, 0.717) is 30.8 Å². The van der Waals surface area contributed by atoms with Crippen molar-refractivity contribution in [1.82, 2.24) is 14.1 Å². The number of piperazine rings is 1. The molecule has 2 aromatic carbocycles. The zero-order valence-electron chi connectivity index (χ0n) is 20.0. The second-order valence-electron chi connectivity index (χ2n) is 9.51. The minimum absolute atomic E-state index is 0.0838. The Morgan fingerprint density at radius 1 is 0.879 bits per heavy atom. The Hall–Kier alpha value is -2.22. The monoisotopic (exact) mass is 469 g/mol. The number of hydrogen-bond acceptors (Lipinski definition) is 4. The summed E-state index contributed by atoms with van der Waals surface area (Å²) in [7, 11) is -3.51. The summed E-state index contributed by atoms with van der Waals surface area (Å²) >= 11 is 0. The number of piperidine rings is 1. The number of aryl methyl sites for hydroxylation is 3. The molecular weight excluding hydrogens is 434 g/mol. The maximum Gasteiger partial charge on any atom is 0.243 e. The quantitative estimate of drug-likeness (QED) is 0.674. The Kier molecular flexibility index (Phi) is 7.22. The molecular formula is C26H35N3O3S. The fourth-order valence-corrected chi connectivity index (χ4v) is 6.38. The summed E-state index contributed by atoms with van der Waals surface area (Å²) in [6, 6.07) is 13.9. The highest BCUT2D eigenvalue weighted by Crippen LogP contribution is 2.26. The molecule has 0 aliphatic carbocycles. The lowest BCUT2D eigenvalue weighted by Crippen LogP contribution is -2.51. The Morgan fingerprint density at radius 2 is 1.58 bits per heavy atom. The Labute approximate surface area is 198 Å². The van der Waals surface area contributed by atoms with Gasteiger partial charge in [0.25, 0.3) is 0 Å². The molecule has 7 heteroatoms. The van der Waals surface area contributed by atoms with Gasteiger partial charge in [0.2, 0.25) is 15.9 Å². The maximum atomic E-state index is 13.1. The summed E-state index contributed by atoms with van der Waals surface area (Å²) in [5, 5.41) is 0. The van der Waals surface area contributed by atoms with E-state index in [-0.39, 0.29) is 11.8 Å². The van der Waals surface area contributed by atoms with E-state index >= 15 is 0 Å². The molecule has 33 heavy (non-hydrogen) atoms. The van der Waals surface area contributed by atoms with Gasteiger partial charge >= 0.3 is 0 Å². The number of benzene rings is 2. The van der Waals surface area contributed by atoms with Gasteiger partial charge in [-0.2, -0.15) is 4.31 Å². The van der Waals surface area contributed by atoms with E-state index in [1.165, 1.54) is 11.1 Å². The van der Waals surface area contributed by atoms with Crippen LogP contribution >= 0.6 is 0 Å². The number of nitrogens with zero attached hydrogens (tertiary/aromatic N) is 3. The molecule has 2 aliphatic heterocycles. The van der Waals surface area contributed by atoms with Crippen molar-refractivity contribution in [3.8, 4) is 0 Å². The van der Waals surface area contributed by atoms with Crippen molar-refractivity contribution in [1.29, 1.82) is 0 Å². The van der Waals surface area contributed by atoms with E-state index in [9.17, 15) is 13.2 Å². The van der Waals surface area contributed by atoms with Crippen molar-refractivity contribution in [3.63, 3.8) is 0 Å². The number of carbonyl (C=O) groups excluding carboxylic acids is 1. The predicted molar refractivity (Wildman–Crippen MR) is 130 cm³/mol. The molecule has 2 heterocycles. The SMILES string of the molecule is Cc1cccc(CN2CCN(C(=O)C3CCN(S(=O)(=O)c4ccc(C)c(C)c4)CC3)CC2)c1. The fraction of sp³-hybridized carbons (Fsp3) is 0.500. The third kappa shape index (κ3) is 5.48. The first kappa shape index (κ1) is 23.9. The van der Waals surface area contributed by atoms with Crippen LogP contribution in [0.5, 0.6) is 0 Å². The molecule has 0 unspecified atom stereocenters. The summed E-state index contributed by atoms with van der Waals surface area (Å²) in [5.41, 5.74) is 4.64. The molecule has 0 spiro atoms. The van der Waals surface area contributed by atoms with Crippen LogP contribution in [-0.4, -0.2) is 67.7 Å². The zero-order valence-corrected chi connectivity index (χ0v) is 20.8. The molecule has 0 radical (unpaired) electrons. The molecule has 0 bridgehead atoms. The van der Waals surface area contributed by atoms with Crippen LogP contribution in [-0.2, 0) is 21.4 Å². The molecule has 4 rings (SSSR count). The summed E-state index contributed by atoms with van der Waals surface area (Å²) in [5.74, 6) is 0.105. The number of carbonyl (C=O) groups is 1. The van der Waals surface area contributed by atoms with Gasteiger partial charge in [-0.05, 0) is 62.4 Å². The fourth-order valence-electron chi connectivity index (χ4n) is 4.82. The standard InChI is InChI=1S/C26H35N3O3S/c1-20-5-4-6-23(17-20)19-27-13-15-28(16-14-27)26(30)24-9-11-29(12-10-24)33(31,32)25-8-7-21(2)22(3)18-25/h4-8,17-18,24H,9-16,19H2,1-3H3. The average Bonchev–Trinajstić information content (AvgIpc) is 2.81. The van der Waals surface area contributed by atoms with Crippen LogP contribution in [0.1, 0.15) is 35.1 Å². The second kappa shape index (κ2) is 9.95. The van der Waals surface area contributed by atoms with Gasteiger partial charge in [-0.3, -0.25) is 9.69 Å². The third-order valence-electron chi connectivity index (χ3n) is 7.09. The van der Waals surface area contributed by atoms with E-state index < -0.39 is 10.0 Å². The van der Waals surface area contributed by atoms with Crippen molar-refractivity contribution in [2.24, 2.45) is 5.92 Å². The van der Waals surface area contributed by atoms with Gasteiger partial charge in [-0.15, -0.1) is 0 Å². The topological polar surface area (TPSA) is 60.9 Å². The minimum atomic E-state index is -3.51. The molecule has 1 amide bonds. The van der Waals surface area contributed by atoms with Crippen LogP contribution in [0.4, 0.5) is 0 Å². The molecule has 0 N–H and O–H groups in total. The van der Waals surface area contributed by atoms with Gasteiger partial charge in [-0.25, -0.2) is 8.42 Å². The van der Waals surface area contributed by atoms with Crippen LogP contribution in [0.25, 0.3) is 0 Å². The van der Waals surface area contributed by atoms with E-state index in [4.69, 9.17) is 0 Å². The molecule has 2 saturated heterocycles. The molecule has 2 aromatic rings. The lowest BCUT2D eigenvalue weighted by atomic mass is 9.96. The first-order valence-electron chi connectivity index (χ1n) is 11.9. The highest BCUT2D eigenvalue weighted by molar-refractivity contribution is 7.89. The largest absolute Gasteiger partial charge is 0.340 e. The van der Waals surface area contributed by atoms with Crippen LogP contribution in [0.3, 0.4) is 0 Å². The van der Waals surface area contributed by atoms with Crippen LogP contribution < -0.4 is 0 Å². The predicted octanol–water partition coefficient (Wildman–Crippen LogP) is 3.36. The third-order valence-corrected chi connectivity index (χ3v) is 8.99. The second-order valence-corrected chi connectivity index (χ2v) is 11.5. The minimum Gasteiger partial charge on any atom is -0.340 e. The lowest BCUT2D eigenvalue weighted by Gasteiger charge is -2.38. The molecule has 6 nitrogen and oxygen atoms in total. The van der Waals surface area contributed by atoms with E-state index in [0.717, 1.165) is 43.9 Å². The number of amides is 1. The first-order valence-corrected chi connectivity index (χ1v) is 13.3. The number of hydrogen-bond donors (Lipinski definition) is 0. The Morgan fingerprint density at radius 3 is 2.21 bits per heavy atom. The van der Waals surface area contributed by atoms with Crippen LogP contribution in [0, 0.1) is 26.7 Å². The van der Waals surface area contributed by atoms with Crippen molar-refractivity contribution < 1.29 is 13.2 Å². The average molecular weight is 470 g/mol. The zero-order chi connectivity index (χ0) is 23.6. The summed E-state index contributed by atoms with van der Waals surface area (Å²) < 4.78 is 27.7. The maximum absolute atomic E-state index is 13.1.